The van der Waals surface area contributed by atoms with Gasteiger partial charge < -0.3 is 14.6 Å². The number of Topliss-reactive ketones (excluding diaryl/α,β-unsaturated/α-hetero) is 2. The summed E-state index contributed by atoms with van der Waals surface area (Å²) in [6, 6.07) is 10.1. The van der Waals surface area contributed by atoms with Gasteiger partial charge in [-0.1, -0.05) is 13.5 Å². The van der Waals surface area contributed by atoms with E-state index in [1.807, 2.05) is 28.8 Å². The van der Waals surface area contributed by atoms with Crippen molar-refractivity contribution in [2.24, 2.45) is 0 Å². The lowest BCUT2D eigenvalue weighted by Crippen LogP contribution is -2.34. The summed E-state index contributed by atoms with van der Waals surface area (Å²) in [4.78, 5) is 22.0. The Balaban J connectivity index is 0.000000285. The Morgan fingerprint density at radius 3 is 1.58 bits per heavy atom. The quantitative estimate of drug-likeness (QED) is 0.400. The van der Waals surface area contributed by atoms with Crippen molar-refractivity contribution in [3.05, 3.63) is 53.1 Å². The van der Waals surface area contributed by atoms with E-state index in [4.69, 9.17) is 14.6 Å². The van der Waals surface area contributed by atoms with Crippen LogP contribution in [0.25, 0.3) is 0 Å². The molecule has 2 aliphatic rings. The first kappa shape index (κ1) is 32.6. The topological polar surface area (TPSA) is 150 Å². The molecule has 0 fully saturated rings. The molecule has 0 saturated carbocycles. The molecule has 18 heteroatoms. The molecule has 2 aromatic rings. The monoisotopic (exact) mass is 596 g/mol. The van der Waals surface area contributed by atoms with Crippen molar-refractivity contribution in [2.45, 2.75) is 25.4 Å². The molecule has 1 N–H and O–H groups in total. The zero-order chi connectivity index (χ0) is 28.4. The van der Waals surface area contributed by atoms with Crippen LogP contribution in [-0.4, -0.2) is 57.7 Å². The van der Waals surface area contributed by atoms with Crippen LogP contribution in [0.4, 0.5) is 26.3 Å². The minimum Gasteiger partial charge on any atom is -0.508 e. The number of alkyl halides is 6. The van der Waals surface area contributed by atoms with Crippen LogP contribution in [0.2, 0.25) is 0 Å². The van der Waals surface area contributed by atoms with E-state index >= 15 is 0 Å². The van der Waals surface area contributed by atoms with E-state index in [1.165, 1.54) is 12.1 Å². The molecule has 0 amide bonds. The summed E-state index contributed by atoms with van der Waals surface area (Å²) in [5.74, 6) is 1.39. The Bertz CT molecular complexity index is 1310. The number of ketones is 2. The van der Waals surface area contributed by atoms with E-state index in [1.54, 1.807) is 6.07 Å². The highest BCUT2D eigenvalue weighted by Crippen LogP contribution is 2.32. The number of halogens is 6. The van der Waals surface area contributed by atoms with Crippen LogP contribution in [0.1, 0.15) is 33.7 Å². The van der Waals surface area contributed by atoms with Gasteiger partial charge in [0.2, 0.25) is 11.6 Å². The summed E-state index contributed by atoms with van der Waals surface area (Å²) < 4.78 is 120. The predicted molar refractivity (Wildman–Crippen MR) is 117 cm³/mol. The Hall–Kier alpha value is -3.38. The maximum Gasteiger partial charge on any atom is 0.524 e. The van der Waals surface area contributed by atoms with Crippen molar-refractivity contribution in [2.75, 3.05) is 13.2 Å². The van der Waals surface area contributed by atoms with Crippen LogP contribution in [-0.2, 0) is 23.9 Å². The number of hydrogen-bond donors (Lipinski definition) is 1. The van der Waals surface area contributed by atoms with Crippen LogP contribution in [0.3, 0.4) is 0 Å². The van der Waals surface area contributed by atoms with Gasteiger partial charge in [-0.15, -0.1) is 3.63 Å². The predicted octanol–water partition coefficient (Wildman–Crippen LogP) is 3.88. The van der Waals surface area contributed by atoms with Crippen molar-refractivity contribution in [3.63, 3.8) is 0 Å². The van der Waals surface area contributed by atoms with Crippen LogP contribution in [0, 0.1) is 6.92 Å². The Morgan fingerprint density at radius 1 is 0.763 bits per heavy atom. The number of rotatable bonds is 2. The van der Waals surface area contributed by atoms with Gasteiger partial charge in [0.15, 0.2) is 13.2 Å². The average Bonchev–Trinajstić information content (AvgIpc) is 3.28. The van der Waals surface area contributed by atoms with Gasteiger partial charge in [0.25, 0.3) is 0 Å². The molecule has 212 valence electrons. The summed E-state index contributed by atoms with van der Waals surface area (Å²) in [6.07, 6.45) is 0. The number of phenols is 1. The van der Waals surface area contributed by atoms with Crippen molar-refractivity contribution < 1.29 is 71.0 Å². The van der Waals surface area contributed by atoms with Gasteiger partial charge >= 0.3 is 31.3 Å². The van der Waals surface area contributed by atoms with Crippen LogP contribution < -0.4 is 9.47 Å². The molecule has 38 heavy (non-hydrogen) atoms. The van der Waals surface area contributed by atoms with E-state index in [9.17, 15) is 52.8 Å². The van der Waals surface area contributed by atoms with Crippen LogP contribution in [0.15, 0.2) is 36.4 Å². The number of carbonyl (C=O) groups excluding carboxylic acids is 2. The van der Waals surface area contributed by atoms with E-state index < -0.39 is 31.3 Å². The Morgan fingerprint density at radius 2 is 1.16 bits per heavy atom. The fourth-order valence-electron chi connectivity index (χ4n) is 2.48. The number of carbonyl (C=O) groups is 2. The standard InChI is InChI=1S/C9H8O2.C8H6O3.C2F6O5S2.CH4/c1-6-2-3-7-8(10)5-11-9(7)4-6;9-5-1-2-6-7(10)4-11-8(6)3-5;3-1(4,5)14(9,10)13-15(11,12)2(6,7)8;/h2-4H,5H2,1H3;1-3,9H,4H2;;1H4. The van der Waals surface area contributed by atoms with Crippen molar-refractivity contribution >= 4 is 31.8 Å². The summed E-state index contributed by atoms with van der Waals surface area (Å²) in [7, 11) is -13.7. The lowest BCUT2D eigenvalue weighted by atomic mass is 10.1. The minimum atomic E-state index is -6.85. The second kappa shape index (κ2) is 11.6. The molecule has 0 aromatic heterocycles. The van der Waals surface area contributed by atoms with E-state index in [0.29, 0.717) is 11.3 Å². The summed E-state index contributed by atoms with van der Waals surface area (Å²) in [5, 5.41) is 8.99. The third-order valence-corrected chi connectivity index (χ3v) is 6.73. The number of fused-ring (bicyclic) bond motifs is 2. The van der Waals surface area contributed by atoms with Gasteiger partial charge in [0.1, 0.15) is 17.2 Å². The molecular weight excluding hydrogens is 578 g/mol. The first-order valence-electron chi connectivity index (χ1n) is 9.34. The summed E-state index contributed by atoms with van der Waals surface area (Å²) in [5.41, 5.74) is -10.1. The first-order valence-corrected chi connectivity index (χ1v) is 12.2. The average molecular weight is 596 g/mol. The lowest BCUT2D eigenvalue weighted by Gasteiger charge is -2.09. The van der Waals surface area contributed by atoms with E-state index in [0.717, 1.165) is 16.9 Å². The zero-order valence-corrected chi connectivity index (χ0v) is 19.7. The molecule has 0 unspecified atom stereocenters. The van der Waals surface area contributed by atoms with Gasteiger partial charge in [-0.3, -0.25) is 9.59 Å². The van der Waals surface area contributed by atoms with Crippen molar-refractivity contribution in [3.8, 4) is 17.2 Å². The Labute approximate surface area is 212 Å². The first-order chi connectivity index (χ1) is 16.7. The number of ether oxygens (including phenoxy) is 2. The van der Waals surface area contributed by atoms with Gasteiger partial charge in [0.05, 0.1) is 11.1 Å². The van der Waals surface area contributed by atoms with Gasteiger partial charge in [-0.2, -0.15) is 43.2 Å². The SMILES string of the molecule is C.Cc1ccc2c(c1)OCC2=O.O=C1COc2cc(O)ccc21.O=S(=O)(OS(=O)(=O)C(F)(F)F)C(F)(F)F. The second-order valence-corrected chi connectivity index (χ2v) is 10.3. The lowest BCUT2D eigenvalue weighted by molar-refractivity contribution is -0.0585. The van der Waals surface area contributed by atoms with Crippen LogP contribution in [0.5, 0.6) is 17.2 Å². The van der Waals surface area contributed by atoms with Crippen molar-refractivity contribution in [1.82, 2.24) is 0 Å². The van der Waals surface area contributed by atoms with E-state index in [-0.39, 0.29) is 38.0 Å². The fraction of sp³-hybridized carbons (Fsp3) is 0.300. The minimum absolute atomic E-state index is 0. The van der Waals surface area contributed by atoms with Gasteiger partial charge in [-0.25, -0.2) is 0 Å². The maximum atomic E-state index is 11.4. The zero-order valence-electron chi connectivity index (χ0n) is 18.1. The molecule has 10 nitrogen and oxygen atoms in total. The molecule has 0 saturated heterocycles. The Kier molecular flexibility index (Phi) is 9.94. The number of hydrogen-bond acceptors (Lipinski definition) is 10. The third-order valence-electron chi connectivity index (χ3n) is 4.17. The smallest absolute Gasteiger partial charge is 0.508 e. The third kappa shape index (κ3) is 7.81. The second-order valence-electron chi connectivity index (χ2n) is 6.97. The number of aryl methyl sites for hydroxylation is 1. The number of benzene rings is 2. The highest BCUT2D eigenvalue weighted by molar-refractivity contribution is 8.00. The van der Waals surface area contributed by atoms with Crippen molar-refractivity contribution in [1.29, 1.82) is 0 Å². The molecule has 4 rings (SSSR count). The molecule has 0 radical (unpaired) electrons. The van der Waals surface area contributed by atoms with Crippen LogP contribution >= 0.6 is 0 Å². The van der Waals surface area contributed by atoms with Gasteiger partial charge in [0, 0.05) is 6.07 Å². The largest absolute Gasteiger partial charge is 0.524 e. The molecule has 2 heterocycles. The summed E-state index contributed by atoms with van der Waals surface area (Å²) in [6.45, 7) is 2.28. The molecule has 2 aliphatic heterocycles. The highest BCUT2D eigenvalue weighted by atomic mass is 32.3. The normalized spacial score (nSPS) is 14.4. The van der Waals surface area contributed by atoms with Gasteiger partial charge in [-0.05, 0) is 36.8 Å². The molecular formula is C20H18F6O10S2. The highest BCUT2D eigenvalue weighted by Gasteiger charge is 2.57. The number of aromatic hydroxyl groups is 1. The summed E-state index contributed by atoms with van der Waals surface area (Å²) >= 11 is 0. The van der Waals surface area contributed by atoms with E-state index in [2.05, 4.69) is 0 Å². The molecule has 2 aromatic carbocycles. The fourth-order valence-corrected chi connectivity index (χ4v) is 4.04. The molecule has 0 aliphatic carbocycles. The molecule has 0 bridgehead atoms. The maximum absolute atomic E-state index is 11.4. The molecule has 0 atom stereocenters. The number of phenolic OH excluding ortho intramolecular Hbond substituents is 1. The molecule has 0 spiro atoms.